The molecule has 0 saturated carbocycles. The van der Waals surface area contributed by atoms with Crippen LogP contribution in [0.2, 0.25) is 10.0 Å². The van der Waals surface area contributed by atoms with E-state index in [-0.39, 0.29) is 0 Å². The molecule has 2 aromatic rings. The molecule has 0 amide bonds. The summed E-state index contributed by atoms with van der Waals surface area (Å²) in [5.74, 6) is 1.48. The van der Waals surface area contributed by atoms with Crippen molar-refractivity contribution in [2.24, 2.45) is 5.92 Å². The van der Waals surface area contributed by atoms with Gasteiger partial charge in [-0.05, 0) is 30.7 Å². The fourth-order valence-electron chi connectivity index (χ4n) is 2.11. The molecule has 0 unspecified atom stereocenters. The quantitative estimate of drug-likeness (QED) is 0.738. The summed E-state index contributed by atoms with van der Waals surface area (Å²) >= 11 is 12.4. The molecule has 0 aliphatic carbocycles. The highest BCUT2D eigenvalue weighted by molar-refractivity contribution is 6.35. The largest absolute Gasteiger partial charge is 0.488 e. The Labute approximate surface area is 142 Å². The first-order valence-electron chi connectivity index (χ1n) is 7.42. The van der Waals surface area contributed by atoms with Crippen LogP contribution in [-0.4, -0.2) is 6.54 Å². The van der Waals surface area contributed by atoms with Gasteiger partial charge < -0.3 is 10.1 Å². The van der Waals surface area contributed by atoms with E-state index >= 15 is 0 Å². The predicted octanol–water partition coefficient (Wildman–Crippen LogP) is 5.32. The summed E-state index contributed by atoms with van der Waals surface area (Å²) in [5.41, 5.74) is 1.95. The van der Waals surface area contributed by atoms with Gasteiger partial charge in [-0.15, -0.1) is 0 Å². The van der Waals surface area contributed by atoms with E-state index in [0.29, 0.717) is 22.6 Å². The second-order valence-electron chi connectivity index (χ2n) is 5.62. The minimum atomic E-state index is 0.361. The molecule has 4 heteroatoms. The molecule has 118 valence electrons. The second-order valence-corrected chi connectivity index (χ2v) is 6.44. The molecule has 1 N–H and O–H groups in total. The molecule has 2 nitrogen and oxygen atoms in total. The van der Waals surface area contributed by atoms with Crippen LogP contribution < -0.4 is 10.1 Å². The van der Waals surface area contributed by atoms with Crippen LogP contribution in [0.3, 0.4) is 0 Å². The van der Waals surface area contributed by atoms with Crippen LogP contribution in [0.25, 0.3) is 0 Å². The van der Waals surface area contributed by atoms with E-state index in [1.165, 1.54) is 0 Å². The molecule has 0 aliphatic heterocycles. The molecule has 0 aromatic heterocycles. The SMILES string of the molecule is CC(C)CNCc1ccccc1OCc1c(Cl)cccc1Cl. The summed E-state index contributed by atoms with van der Waals surface area (Å²) in [6, 6.07) is 13.5. The highest BCUT2D eigenvalue weighted by atomic mass is 35.5. The van der Waals surface area contributed by atoms with Crippen LogP contribution in [0.4, 0.5) is 0 Å². The lowest BCUT2D eigenvalue weighted by Gasteiger charge is -2.14. The molecule has 0 spiro atoms. The maximum Gasteiger partial charge on any atom is 0.124 e. The summed E-state index contributed by atoms with van der Waals surface area (Å²) in [7, 11) is 0. The maximum atomic E-state index is 6.18. The third-order valence-corrected chi connectivity index (χ3v) is 3.98. The van der Waals surface area contributed by atoms with Gasteiger partial charge in [0.2, 0.25) is 0 Å². The third kappa shape index (κ3) is 4.91. The number of nitrogens with one attached hydrogen (secondary N) is 1. The third-order valence-electron chi connectivity index (χ3n) is 3.27. The Morgan fingerprint density at radius 1 is 1.00 bits per heavy atom. The summed E-state index contributed by atoms with van der Waals surface area (Å²) in [6.45, 7) is 6.50. The van der Waals surface area contributed by atoms with E-state index in [1.54, 1.807) is 0 Å². The lowest BCUT2D eigenvalue weighted by Crippen LogP contribution is -2.19. The lowest BCUT2D eigenvalue weighted by molar-refractivity contribution is 0.302. The molecule has 0 bridgehead atoms. The van der Waals surface area contributed by atoms with Gasteiger partial charge in [-0.2, -0.15) is 0 Å². The van der Waals surface area contributed by atoms with Crippen LogP contribution in [0.5, 0.6) is 5.75 Å². The molecule has 0 saturated heterocycles. The van der Waals surface area contributed by atoms with Gasteiger partial charge in [-0.1, -0.05) is 61.3 Å². The Hall–Kier alpha value is -1.22. The fourth-order valence-corrected chi connectivity index (χ4v) is 2.61. The molecule has 22 heavy (non-hydrogen) atoms. The van der Waals surface area contributed by atoms with Gasteiger partial charge in [0, 0.05) is 27.7 Å². The average Bonchev–Trinajstić information content (AvgIpc) is 2.48. The van der Waals surface area contributed by atoms with Crippen LogP contribution >= 0.6 is 23.2 Å². The highest BCUT2D eigenvalue weighted by Crippen LogP contribution is 2.27. The van der Waals surface area contributed by atoms with Gasteiger partial charge in [-0.3, -0.25) is 0 Å². The monoisotopic (exact) mass is 337 g/mol. The second kappa shape index (κ2) is 8.42. The van der Waals surface area contributed by atoms with Crippen LogP contribution in [0, 0.1) is 5.92 Å². The number of hydrogen-bond donors (Lipinski definition) is 1. The van der Waals surface area contributed by atoms with Crippen molar-refractivity contribution in [2.75, 3.05) is 6.54 Å². The normalized spacial score (nSPS) is 11.0. The van der Waals surface area contributed by atoms with Gasteiger partial charge in [0.1, 0.15) is 12.4 Å². The molecular formula is C18H21Cl2NO. The zero-order valence-electron chi connectivity index (χ0n) is 12.9. The van der Waals surface area contributed by atoms with E-state index < -0.39 is 0 Å². The maximum absolute atomic E-state index is 6.18. The Morgan fingerprint density at radius 3 is 2.36 bits per heavy atom. The van der Waals surface area contributed by atoms with Gasteiger partial charge in [-0.25, -0.2) is 0 Å². The topological polar surface area (TPSA) is 21.3 Å². The van der Waals surface area contributed by atoms with E-state index in [9.17, 15) is 0 Å². The Bertz CT molecular complexity index is 594. The zero-order chi connectivity index (χ0) is 15.9. The van der Waals surface area contributed by atoms with Gasteiger partial charge >= 0.3 is 0 Å². The molecular weight excluding hydrogens is 317 g/mol. The van der Waals surface area contributed by atoms with Crippen molar-refractivity contribution in [3.05, 3.63) is 63.6 Å². The van der Waals surface area contributed by atoms with Crippen molar-refractivity contribution < 1.29 is 4.74 Å². The summed E-state index contributed by atoms with van der Waals surface area (Å²) in [6.07, 6.45) is 0. The minimum Gasteiger partial charge on any atom is -0.488 e. The van der Waals surface area contributed by atoms with Gasteiger partial charge in [0.05, 0.1) is 0 Å². The van der Waals surface area contributed by atoms with Crippen molar-refractivity contribution in [3.63, 3.8) is 0 Å². The molecule has 0 heterocycles. The van der Waals surface area contributed by atoms with E-state index in [2.05, 4.69) is 25.2 Å². The van der Waals surface area contributed by atoms with Crippen molar-refractivity contribution in [2.45, 2.75) is 27.0 Å². The number of hydrogen-bond acceptors (Lipinski definition) is 2. The number of halogens is 2. The van der Waals surface area contributed by atoms with Crippen LogP contribution in [0.1, 0.15) is 25.0 Å². The minimum absolute atomic E-state index is 0.361. The van der Waals surface area contributed by atoms with Crippen LogP contribution in [0.15, 0.2) is 42.5 Å². The summed E-state index contributed by atoms with van der Waals surface area (Å²) in [4.78, 5) is 0. The first-order valence-corrected chi connectivity index (χ1v) is 8.18. The van der Waals surface area contributed by atoms with Crippen molar-refractivity contribution in [1.82, 2.24) is 5.32 Å². The van der Waals surface area contributed by atoms with E-state index in [1.807, 2.05) is 36.4 Å². The Balaban J connectivity index is 2.03. The zero-order valence-corrected chi connectivity index (χ0v) is 14.4. The van der Waals surface area contributed by atoms with Crippen LogP contribution in [-0.2, 0) is 13.2 Å². The number of rotatable bonds is 7. The average molecular weight is 338 g/mol. The van der Waals surface area contributed by atoms with Gasteiger partial charge in [0.25, 0.3) is 0 Å². The summed E-state index contributed by atoms with van der Waals surface area (Å²) < 4.78 is 5.93. The number of para-hydroxylation sites is 1. The molecule has 0 aliphatic rings. The molecule has 2 rings (SSSR count). The molecule has 0 fully saturated rings. The standard InChI is InChI=1S/C18H21Cl2NO/c1-13(2)10-21-11-14-6-3-4-9-18(14)22-12-15-16(19)7-5-8-17(15)20/h3-9,13,21H,10-12H2,1-2H3. The van der Waals surface area contributed by atoms with E-state index in [0.717, 1.165) is 30.0 Å². The number of benzene rings is 2. The van der Waals surface area contributed by atoms with Crippen molar-refractivity contribution in [1.29, 1.82) is 0 Å². The van der Waals surface area contributed by atoms with Crippen molar-refractivity contribution >= 4 is 23.2 Å². The Morgan fingerprint density at radius 2 is 1.68 bits per heavy atom. The van der Waals surface area contributed by atoms with E-state index in [4.69, 9.17) is 27.9 Å². The highest BCUT2D eigenvalue weighted by Gasteiger charge is 2.08. The first kappa shape index (κ1) is 17.1. The Kier molecular flexibility index (Phi) is 6.56. The summed E-state index contributed by atoms with van der Waals surface area (Å²) in [5, 5.41) is 4.69. The first-order chi connectivity index (χ1) is 10.6. The molecule has 0 radical (unpaired) electrons. The number of ether oxygens (including phenoxy) is 1. The van der Waals surface area contributed by atoms with Crippen molar-refractivity contribution in [3.8, 4) is 5.75 Å². The van der Waals surface area contributed by atoms with Gasteiger partial charge in [0.15, 0.2) is 0 Å². The smallest absolute Gasteiger partial charge is 0.124 e. The molecule has 0 atom stereocenters. The predicted molar refractivity (Wildman–Crippen MR) is 93.8 cm³/mol. The lowest BCUT2D eigenvalue weighted by atomic mass is 10.1. The fraction of sp³-hybridized carbons (Fsp3) is 0.333. The molecule has 2 aromatic carbocycles.